The van der Waals surface area contributed by atoms with Gasteiger partial charge in [0.2, 0.25) is 0 Å². The van der Waals surface area contributed by atoms with Crippen LogP contribution in [-0.4, -0.2) is 32.2 Å². The van der Waals surface area contributed by atoms with E-state index in [-0.39, 0.29) is 11.4 Å². The van der Waals surface area contributed by atoms with Crippen molar-refractivity contribution in [3.8, 4) is 0 Å². The summed E-state index contributed by atoms with van der Waals surface area (Å²) in [6.45, 7) is 0. The normalized spacial score (nSPS) is 16.8. The molecule has 0 saturated heterocycles. The van der Waals surface area contributed by atoms with Gasteiger partial charge in [0.05, 0.1) is 23.0 Å². The van der Waals surface area contributed by atoms with Crippen molar-refractivity contribution in [2.24, 2.45) is 4.40 Å². The minimum Gasteiger partial charge on any atom is -0.464 e. The monoisotopic (exact) mass is 323 g/mol. The zero-order valence-corrected chi connectivity index (χ0v) is 12.4. The Labute approximate surface area is 124 Å². The number of ether oxygens (including phenoxy) is 1. The Morgan fingerprint density at radius 1 is 1.33 bits per heavy atom. The molecule has 108 valence electrons. The number of thiazole rings is 1. The van der Waals surface area contributed by atoms with Gasteiger partial charge in [-0.3, -0.25) is 4.72 Å². The van der Waals surface area contributed by atoms with Crippen molar-refractivity contribution >= 4 is 49.1 Å². The quantitative estimate of drug-likeness (QED) is 0.835. The Hall–Kier alpha value is -2.26. The summed E-state index contributed by atoms with van der Waals surface area (Å²) in [4.78, 5) is 15.8. The highest BCUT2D eigenvalue weighted by Gasteiger charge is 2.25. The lowest BCUT2D eigenvalue weighted by Gasteiger charge is -2.12. The standard InChI is InChI=1S/C12H9N3O4S2/c1-19-12(16)9-6-8(14-21(17,18)15-9)11-13-7-4-2-3-5-10(7)20-11/h2-6,14H,1H3. The summed E-state index contributed by atoms with van der Waals surface area (Å²) in [6, 6.07) is 7.41. The number of nitrogens with one attached hydrogen (secondary N) is 1. The first-order valence-electron chi connectivity index (χ1n) is 5.77. The highest BCUT2D eigenvalue weighted by molar-refractivity contribution is 7.88. The largest absolute Gasteiger partial charge is 0.464 e. The number of benzene rings is 1. The Balaban J connectivity index is 2.10. The molecule has 3 rings (SSSR count). The highest BCUT2D eigenvalue weighted by atomic mass is 32.2. The lowest BCUT2D eigenvalue weighted by molar-refractivity contribution is -0.132. The van der Waals surface area contributed by atoms with Crippen LogP contribution in [0.4, 0.5) is 0 Å². The minimum atomic E-state index is -3.99. The van der Waals surface area contributed by atoms with E-state index in [9.17, 15) is 13.2 Å². The average Bonchev–Trinajstić information content (AvgIpc) is 2.88. The molecule has 1 aliphatic heterocycles. The number of fused-ring (bicyclic) bond motifs is 1. The molecule has 1 aromatic carbocycles. The van der Waals surface area contributed by atoms with Gasteiger partial charge in [0.25, 0.3) is 0 Å². The summed E-state index contributed by atoms with van der Waals surface area (Å²) >= 11 is 1.31. The van der Waals surface area contributed by atoms with Crippen molar-refractivity contribution in [1.29, 1.82) is 0 Å². The van der Waals surface area contributed by atoms with Crippen molar-refractivity contribution < 1.29 is 17.9 Å². The van der Waals surface area contributed by atoms with Crippen LogP contribution in [0.15, 0.2) is 34.7 Å². The van der Waals surface area contributed by atoms with Crippen LogP contribution in [0.5, 0.6) is 0 Å². The van der Waals surface area contributed by atoms with Gasteiger partial charge < -0.3 is 4.74 Å². The minimum absolute atomic E-state index is 0.201. The molecule has 0 atom stereocenters. The van der Waals surface area contributed by atoms with Crippen molar-refractivity contribution in [3.63, 3.8) is 0 Å². The summed E-state index contributed by atoms with van der Waals surface area (Å²) in [6.07, 6.45) is 1.31. The Bertz CT molecular complexity index is 863. The van der Waals surface area contributed by atoms with Crippen molar-refractivity contribution in [2.75, 3.05) is 7.11 Å². The van der Waals surface area contributed by atoms with Gasteiger partial charge >= 0.3 is 16.2 Å². The molecule has 9 heteroatoms. The summed E-state index contributed by atoms with van der Waals surface area (Å²) in [7, 11) is -2.83. The van der Waals surface area contributed by atoms with E-state index < -0.39 is 16.2 Å². The number of carbonyl (C=O) groups is 1. The second-order valence-corrected chi connectivity index (χ2v) is 6.46. The van der Waals surface area contributed by atoms with Crippen LogP contribution in [0.1, 0.15) is 5.01 Å². The van der Waals surface area contributed by atoms with E-state index in [1.54, 1.807) is 0 Å². The van der Waals surface area contributed by atoms with E-state index in [0.29, 0.717) is 5.01 Å². The lowest BCUT2D eigenvalue weighted by Crippen LogP contribution is -2.29. The molecule has 2 heterocycles. The van der Waals surface area contributed by atoms with Gasteiger partial charge in [-0.05, 0) is 18.2 Å². The zero-order chi connectivity index (χ0) is 15.0. The summed E-state index contributed by atoms with van der Waals surface area (Å²) in [5.74, 6) is -0.821. The third-order valence-electron chi connectivity index (χ3n) is 2.66. The Morgan fingerprint density at radius 2 is 2.10 bits per heavy atom. The Kier molecular flexibility index (Phi) is 3.22. The lowest BCUT2D eigenvalue weighted by atomic mass is 10.3. The fraction of sp³-hybridized carbons (Fsp3) is 0.0833. The molecule has 0 bridgehead atoms. The molecule has 2 aromatic rings. The maximum atomic E-state index is 11.7. The fourth-order valence-corrected chi connectivity index (χ4v) is 3.64. The van der Waals surface area contributed by atoms with Gasteiger partial charge in [0, 0.05) is 0 Å². The SMILES string of the molecule is COC(=O)C1=NS(=O)(=O)NC(c2nc3ccccc3s2)=C1. The predicted molar refractivity (Wildman–Crippen MR) is 79.1 cm³/mol. The van der Waals surface area contributed by atoms with Crippen LogP contribution < -0.4 is 4.72 Å². The number of rotatable bonds is 2. The second-order valence-electron chi connectivity index (χ2n) is 4.09. The van der Waals surface area contributed by atoms with Gasteiger partial charge in [-0.25, -0.2) is 9.78 Å². The number of nitrogens with zero attached hydrogens (tertiary/aromatic N) is 2. The molecule has 0 amide bonds. The van der Waals surface area contributed by atoms with E-state index in [4.69, 9.17) is 0 Å². The maximum Gasteiger partial charge on any atom is 0.357 e. The van der Waals surface area contributed by atoms with Gasteiger partial charge in [-0.2, -0.15) is 8.42 Å². The first-order chi connectivity index (χ1) is 9.98. The van der Waals surface area contributed by atoms with Crippen LogP contribution in [0.3, 0.4) is 0 Å². The molecule has 1 aromatic heterocycles. The molecular weight excluding hydrogens is 314 g/mol. The van der Waals surface area contributed by atoms with Gasteiger partial charge in [-0.1, -0.05) is 12.1 Å². The molecule has 0 unspecified atom stereocenters. The molecule has 7 nitrogen and oxygen atoms in total. The van der Waals surface area contributed by atoms with Crippen LogP contribution in [0, 0.1) is 0 Å². The van der Waals surface area contributed by atoms with Crippen LogP contribution in [0.2, 0.25) is 0 Å². The first kappa shape index (κ1) is 13.7. The maximum absolute atomic E-state index is 11.7. The molecule has 1 N–H and O–H groups in total. The number of hydrogen-bond donors (Lipinski definition) is 1. The van der Waals surface area contributed by atoms with Crippen LogP contribution in [0.25, 0.3) is 15.9 Å². The van der Waals surface area contributed by atoms with Gasteiger partial charge in [-0.15, -0.1) is 15.7 Å². The smallest absolute Gasteiger partial charge is 0.357 e. The van der Waals surface area contributed by atoms with Crippen molar-refractivity contribution in [3.05, 3.63) is 35.3 Å². The number of esters is 1. The molecule has 21 heavy (non-hydrogen) atoms. The number of methoxy groups -OCH3 is 1. The van der Waals surface area contributed by atoms with Gasteiger partial charge in [0.1, 0.15) is 5.01 Å². The molecule has 0 saturated carbocycles. The van der Waals surface area contributed by atoms with Crippen molar-refractivity contribution in [2.45, 2.75) is 0 Å². The fourth-order valence-electron chi connectivity index (χ4n) is 1.78. The van der Waals surface area contributed by atoms with Gasteiger partial charge in [0.15, 0.2) is 5.71 Å². The van der Waals surface area contributed by atoms with E-state index in [0.717, 1.165) is 17.3 Å². The highest BCUT2D eigenvalue weighted by Crippen LogP contribution is 2.27. The third-order valence-corrected chi connectivity index (χ3v) is 4.64. The van der Waals surface area contributed by atoms with E-state index >= 15 is 0 Å². The molecule has 0 fully saturated rings. The third kappa shape index (κ3) is 2.65. The average molecular weight is 323 g/mol. The molecule has 0 spiro atoms. The number of aromatic nitrogens is 1. The zero-order valence-electron chi connectivity index (χ0n) is 10.7. The summed E-state index contributed by atoms with van der Waals surface area (Å²) < 4.78 is 34.4. The van der Waals surface area contributed by atoms with Crippen molar-refractivity contribution in [1.82, 2.24) is 9.71 Å². The molecule has 0 aliphatic carbocycles. The topological polar surface area (TPSA) is 97.7 Å². The number of para-hydroxylation sites is 1. The first-order valence-corrected chi connectivity index (χ1v) is 8.03. The summed E-state index contributed by atoms with van der Waals surface area (Å²) in [5, 5.41) is 0.455. The molecule has 0 radical (unpaired) electrons. The van der Waals surface area contributed by atoms with Crippen LogP contribution in [-0.2, 0) is 19.7 Å². The van der Waals surface area contributed by atoms with E-state index in [2.05, 4.69) is 18.8 Å². The molecule has 1 aliphatic rings. The predicted octanol–water partition coefficient (Wildman–Crippen LogP) is 1.10. The number of hydrogen-bond acceptors (Lipinski definition) is 6. The molecular formula is C12H9N3O4S2. The van der Waals surface area contributed by atoms with E-state index in [1.807, 2.05) is 24.3 Å². The Morgan fingerprint density at radius 3 is 2.81 bits per heavy atom. The van der Waals surface area contributed by atoms with Crippen LogP contribution >= 0.6 is 11.3 Å². The van der Waals surface area contributed by atoms with E-state index in [1.165, 1.54) is 17.4 Å². The summed E-state index contributed by atoms with van der Waals surface area (Å²) in [5.41, 5.74) is 0.664. The second kappa shape index (κ2) is 4.93. The number of carbonyl (C=O) groups excluding carboxylic acids is 1.